The van der Waals surface area contributed by atoms with Gasteiger partial charge in [-0.15, -0.1) is 11.6 Å². The Bertz CT molecular complexity index is 748. The van der Waals surface area contributed by atoms with E-state index in [1.54, 1.807) is 0 Å². The fourth-order valence-electron chi connectivity index (χ4n) is 3.30. The van der Waals surface area contributed by atoms with Gasteiger partial charge in [0.05, 0.1) is 10.9 Å². The van der Waals surface area contributed by atoms with Crippen LogP contribution in [0, 0.1) is 12.8 Å². The molecule has 0 saturated heterocycles. The van der Waals surface area contributed by atoms with Crippen molar-refractivity contribution in [3.63, 3.8) is 0 Å². The summed E-state index contributed by atoms with van der Waals surface area (Å²) < 4.78 is 13.4. The Morgan fingerprint density at radius 2 is 1.91 bits per heavy atom. The SMILES string of the molecule is Cc1[nH]c(=O)c(O)c2c1C(=O)N(CC1CCC(F)C(Cl)C1)C2=O. The molecule has 0 bridgehead atoms. The zero-order valence-corrected chi connectivity index (χ0v) is 13.2. The molecule has 0 aromatic carbocycles. The molecule has 2 N–H and O–H groups in total. The van der Waals surface area contributed by atoms with Crippen molar-refractivity contribution in [2.24, 2.45) is 5.92 Å². The number of H-pyrrole nitrogens is 1. The Hall–Kier alpha value is -1.89. The number of hydrogen-bond acceptors (Lipinski definition) is 4. The number of carbonyl (C=O) groups is 2. The summed E-state index contributed by atoms with van der Waals surface area (Å²) in [7, 11) is 0. The molecule has 3 rings (SSSR count). The molecular weight excluding hydrogens is 327 g/mol. The highest BCUT2D eigenvalue weighted by atomic mass is 35.5. The van der Waals surface area contributed by atoms with E-state index in [0.29, 0.717) is 19.3 Å². The Labute approximate surface area is 136 Å². The molecule has 2 aliphatic rings. The van der Waals surface area contributed by atoms with Crippen molar-refractivity contribution in [3.05, 3.63) is 27.2 Å². The molecule has 1 aliphatic heterocycles. The number of amides is 2. The van der Waals surface area contributed by atoms with Crippen LogP contribution in [0.5, 0.6) is 5.75 Å². The van der Waals surface area contributed by atoms with Crippen molar-refractivity contribution in [2.75, 3.05) is 6.54 Å². The number of pyridine rings is 1. The van der Waals surface area contributed by atoms with Gasteiger partial charge in [0.25, 0.3) is 17.4 Å². The molecule has 3 unspecified atom stereocenters. The maximum Gasteiger partial charge on any atom is 0.291 e. The molecule has 1 fully saturated rings. The minimum atomic E-state index is -1.07. The minimum absolute atomic E-state index is 0.0219. The van der Waals surface area contributed by atoms with Crippen molar-refractivity contribution in [3.8, 4) is 5.75 Å². The lowest BCUT2D eigenvalue weighted by Gasteiger charge is -2.30. The fraction of sp³-hybridized carbons (Fsp3) is 0.533. The molecule has 124 valence electrons. The third-order valence-electron chi connectivity index (χ3n) is 4.54. The molecule has 6 nitrogen and oxygen atoms in total. The Morgan fingerprint density at radius 1 is 1.26 bits per heavy atom. The summed E-state index contributed by atoms with van der Waals surface area (Å²) in [4.78, 5) is 39.9. The predicted molar refractivity (Wildman–Crippen MR) is 80.7 cm³/mol. The number of imide groups is 1. The molecule has 1 aromatic rings. The Kier molecular flexibility index (Phi) is 3.91. The number of aryl methyl sites for hydroxylation is 1. The van der Waals surface area contributed by atoms with Crippen LogP contribution in [0.4, 0.5) is 4.39 Å². The molecule has 3 atom stereocenters. The molecule has 0 spiro atoms. The van der Waals surface area contributed by atoms with E-state index in [1.165, 1.54) is 6.92 Å². The van der Waals surface area contributed by atoms with Crippen molar-refractivity contribution in [2.45, 2.75) is 37.7 Å². The van der Waals surface area contributed by atoms with Gasteiger partial charge in [0.1, 0.15) is 11.7 Å². The highest BCUT2D eigenvalue weighted by Gasteiger charge is 2.42. The number of nitrogens with one attached hydrogen (secondary N) is 1. The molecule has 0 radical (unpaired) electrons. The molecule has 2 heterocycles. The van der Waals surface area contributed by atoms with E-state index in [9.17, 15) is 23.9 Å². The Morgan fingerprint density at radius 3 is 2.57 bits per heavy atom. The number of aromatic nitrogens is 1. The van der Waals surface area contributed by atoms with Gasteiger partial charge in [-0.2, -0.15) is 0 Å². The van der Waals surface area contributed by atoms with Crippen molar-refractivity contribution in [1.82, 2.24) is 9.88 Å². The Balaban J connectivity index is 1.88. The molecule has 23 heavy (non-hydrogen) atoms. The van der Waals surface area contributed by atoms with Gasteiger partial charge < -0.3 is 10.1 Å². The highest BCUT2D eigenvalue weighted by Crippen LogP contribution is 2.34. The highest BCUT2D eigenvalue weighted by molar-refractivity contribution is 6.23. The van der Waals surface area contributed by atoms with Gasteiger partial charge in [-0.25, -0.2) is 4.39 Å². The molecule has 1 saturated carbocycles. The quantitative estimate of drug-likeness (QED) is 0.632. The molecule has 1 aliphatic carbocycles. The zero-order chi connectivity index (χ0) is 16.9. The largest absolute Gasteiger partial charge is 0.502 e. The summed E-state index contributed by atoms with van der Waals surface area (Å²) in [5, 5.41) is 9.19. The lowest BCUT2D eigenvalue weighted by atomic mass is 9.87. The summed E-state index contributed by atoms with van der Waals surface area (Å²) in [6, 6.07) is 0. The van der Waals surface area contributed by atoms with Gasteiger partial charge in [-0.05, 0) is 32.1 Å². The van der Waals surface area contributed by atoms with Gasteiger partial charge in [0, 0.05) is 12.2 Å². The van der Waals surface area contributed by atoms with Crippen molar-refractivity contribution < 1.29 is 19.1 Å². The van der Waals surface area contributed by atoms with E-state index in [-0.39, 0.29) is 29.3 Å². The topological polar surface area (TPSA) is 90.5 Å². The monoisotopic (exact) mass is 342 g/mol. The summed E-state index contributed by atoms with van der Waals surface area (Å²) in [6.07, 6.45) is 0.131. The second-order valence-corrected chi connectivity index (χ2v) is 6.67. The van der Waals surface area contributed by atoms with Crippen LogP contribution in [0.15, 0.2) is 4.79 Å². The molecule has 2 amide bonds. The van der Waals surface area contributed by atoms with Gasteiger partial charge in [0.15, 0.2) is 5.75 Å². The van der Waals surface area contributed by atoms with Crippen LogP contribution in [-0.2, 0) is 0 Å². The first-order chi connectivity index (χ1) is 10.8. The fourth-order valence-corrected chi connectivity index (χ4v) is 3.68. The summed E-state index contributed by atoms with van der Waals surface area (Å²) in [5.41, 5.74) is -0.791. The number of aromatic hydroxyl groups is 1. The smallest absolute Gasteiger partial charge is 0.291 e. The predicted octanol–water partition coefficient (Wildman–Crippen LogP) is 1.73. The van der Waals surface area contributed by atoms with Crippen LogP contribution in [0.1, 0.15) is 45.7 Å². The number of alkyl halides is 2. The second kappa shape index (κ2) is 5.63. The van der Waals surface area contributed by atoms with Gasteiger partial charge in [-0.3, -0.25) is 19.3 Å². The number of carbonyl (C=O) groups excluding carboxylic acids is 2. The first-order valence-corrected chi connectivity index (χ1v) is 7.85. The van der Waals surface area contributed by atoms with E-state index in [4.69, 9.17) is 11.6 Å². The van der Waals surface area contributed by atoms with Crippen LogP contribution in [-0.4, -0.2) is 44.9 Å². The van der Waals surface area contributed by atoms with Crippen LogP contribution < -0.4 is 5.56 Å². The number of hydrogen-bond donors (Lipinski definition) is 2. The number of nitrogens with zero attached hydrogens (tertiary/aromatic N) is 1. The van der Waals surface area contributed by atoms with Crippen LogP contribution >= 0.6 is 11.6 Å². The first-order valence-electron chi connectivity index (χ1n) is 7.41. The standard InChI is InChI=1S/C15H16ClFN2O4/c1-6-10-11(12(20)13(21)18-6)15(23)19(14(10)22)5-7-2-3-9(17)8(16)4-7/h7-9,20H,2-5H2,1H3,(H,18,21). The van der Waals surface area contributed by atoms with Crippen LogP contribution in [0.2, 0.25) is 0 Å². The van der Waals surface area contributed by atoms with Gasteiger partial charge in [0.2, 0.25) is 0 Å². The third kappa shape index (κ3) is 2.52. The maximum absolute atomic E-state index is 13.4. The number of fused-ring (bicyclic) bond motifs is 1. The average molecular weight is 343 g/mol. The van der Waals surface area contributed by atoms with Crippen LogP contribution in [0.3, 0.4) is 0 Å². The van der Waals surface area contributed by atoms with E-state index in [1.807, 2.05) is 0 Å². The lowest BCUT2D eigenvalue weighted by molar-refractivity contribution is 0.0606. The van der Waals surface area contributed by atoms with Gasteiger partial charge >= 0.3 is 0 Å². The van der Waals surface area contributed by atoms with Crippen molar-refractivity contribution >= 4 is 23.4 Å². The van der Waals surface area contributed by atoms with E-state index < -0.39 is 34.7 Å². The van der Waals surface area contributed by atoms with E-state index in [2.05, 4.69) is 4.98 Å². The maximum atomic E-state index is 13.4. The average Bonchev–Trinajstić information content (AvgIpc) is 2.74. The number of rotatable bonds is 2. The van der Waals surface area contributed by atoms with E-state index >= 15 is 0 Å². The third-order valence-corrected chi connectivity index (χ3v) is 4.99. The lowest BCUT2D eigenvalue weighted by Crippen LogP contribution is -2.38. The second-order valence-electron chi connectivity index (χ2n) is 6.11. The number of aromatic amines is 1. The van der Waals surface area contributed by atoms with E-state index in [0.717, 1.165) is 4.90 Å². The van der Waals surface area contributed by atoms with Gasteiger partial charge in [-0.1, -0.05) is 0 Å². The van der Waals surface area contributed by atoms with Crippen LogP contribution in [0.25, 0.3) is 0 Å². The van der Waals surface area contributed by atoms with Crippen molar-refractivity contribution in [1.29, 1.82) is 0 Å². The summed E-state index contributed by atoms with van der Waals surface area (Å²) >= 11 is 5.93. The molecule has 1 aromatic heterocycles. The summed E-state index contributed by atoms with van der Waals surface area (Å²) in [5.74, 6) is -2.08. The minimum Gasteiger partial charge on any atom is -0.502 e. The first kappa shape index (κ1) is 16.0. The zero-order valence-electron chi connectivity index (χ0n) is 12.4. The summed E-state index contributed by atoms with van der Waals surface area (Å²) in [6.45, 7) is 1.60. The molecule has 8 heteroatoms. The normalized spacial score (nSPS) is 27.4. The molecular formula is C15H16ClFN2O4. The number of halogens is 2.